The van der Waals surface area contributed by atoms with Crippen LogP contribution in [-0.2, 0) is 6.61 Å². The zero-order valence-electron chi connectivity index (χ0n) is 9.63. The molecule has 5 heteroatoms. The fourth-order valence-corrected chi connectivity index (χ4v) is 1.45. The summed E-state index contributed by atoms with van der Waals surface area (Å²) in [5, 5.41) is 16.4. The third-order valence-corrected chi connectivity index (χ3v) is 2.38. The van der Waals surface area contributed by atoms with Gasteiger partial charge in [-0.05, 0) is 29.8 Å². The summed E-state index contributed by atoms with van der Waals surface area (Å²) in [7, 11) is 0. The standard InChI is InChI=1S/C13H13N3O2/c14-12(15)11-2-1-7-16-13(11)18-10-5-3-9(8-17)4-6-10/h1-7,17H,8H2,(H3,14,15). The fraction of sp³-hybridized carbons (Fsp3) is 0.0769. The van der Waals surface area contributed by atoms with Gasteiger partial charge in [0.2, 0.25) is 5.88 Å². The average molecular weight is 243 g/mol. The lowest BCUT2D eigenvalue weighted by Gasteiger charge is -2.08. The molecule has 1 heterocycles. The second-order valence-electron chi connectivity index (χ2n) is 3.67. The Kier molecular flexibility index (Phi) is 3.54. The summed E-state index contributed by atoms with van der Waals surface area (Å²) in [6, 6.07) is 10.3. The molecule has 4 N–H and O–H groups in total. The summed E-state index contributed by atoms with van der Waals surface area (Å²) in [4.78, 5) is 4.05. The highest BCUT2D eigenvalue weighted by Crippen LogP contribution is 2.22. The number of hydrogen-bond acceptors (Lipinski definition) is 4. The third kappa shape index (κ3) is 2.64. The molecule has 0 aliphatic carbocycles. The van der Waals surface area contributed by atoms with Crippen LogP contribution in [-0.4, -0.2) is 15.9 Å². The molecule has 0 aliphatic rings. The van der Waals surface area contributed by atoms with Gasteiger partial charge in [0.25, 0.3) is 0 Å². The first-order valence-electron chi connectivity index (χ1n) is 5.38. The summed E-state index contributed by atoms with van der Waals surface area (Å²) in [6.45, 7) is -0.0113. The van der Waals surface area contributed by atoms with Crippen molar-refractivity contribution in [2.75, 3.05) is 0 Å². The van der Waals surface area contributed by atoms with Gasteiger partial charge < -0.3 is 15.6 Å². The summed E-state index contributed by atoms with van der Waals surface area (Å²) in [5.41, 5.74) is 6.69. The molecule has 0 aliphatic heterocycles. The first kappa shape index (κ1) is 12.1. The molecule has 0 saturated heterocycles. The molecule has 2 rings (SSSR count). The second-order valence-corrected chi connectivity index (χ2v) is 3.67. The van der Waals surface area contributed by atoms with Crippen LogP contribution in [0.3, 0.4) is 0 Å². The highest BCUT2D eigenvalue weighted by molar-refractivity contribution is 5.97. The van der Waals surface area contributed by atoms with Gasteiger partial charge in [0.15, 0.2) is 0 Å². The van der Waals surface area contributed by atoms with Crippen LogP contribution in [0.2, 0.25) is 0 Å². The van der Waals surface area contributed by atoms with E-state index in [0.29, 0.717) is 17.2 Å². The molecule has 0 spiro atoms. The van der Waals surface area contributed by atoms with Gasteiger partial charge in [-0.15, -0.1) is 0 Å². The van der Waals surface area contributed by atoms with Gasteiger partial charge in [0.05, 0.1) is 12.2 Å². The molecule has 1 aromatic heterocycles. The van der Waals surface area contributed by atoms with Crippen molar-refractivity contribution in [3.8, 4) is 11.6 Å². The zero-order valence-corrected chi connectivity index (χ0v) is 9.63. The van der Waals surface area contributed by atoms with Crippen molar-refractivity contribution in [2.24, 2.45) is 5.73 Å². The highest BCUT2D eigenvalue weighted by Gasteiger charge is 2.08. The molecular weight excluding hydrogens is 230 g/mol. The Hall–Kier alpha value is -2.40. The smallest absolute Gasteiger partial charge is 0.230 e. The van der Waals surface area contributed by atoms with Crippen LogP contribution in [0.15, 0.2) is 42.6 Å². The molecule has 0 saturated carbocycles. The van der Waals surface area contributed by atoms with Crippen LogP contribution in [0.25, 0.3) is 0 Å². The maximum Gasteiger partial charge on any atom is 0.230 e. The van der Waals surface area contributed by atoms with Gasteiger partial charge in [-0.25, -0.2) is 4.98 Å². The summed E-state index contributed by atoms with van der Waals surface area (Å²) >= 11 is 0. The Balaban J connectivity index is 2.25. The highest BCUT2D eigenvalue weighted by atomic mass is 16.5. The lowest BCUT2D eigenvalue weighted by Crippen LogP contribution is -2.12. The monoisotopic (exact) mass is 243 g/mol. The van der Waals surface area contributed by atoms with Gasteiger partial charge in [-0.2, -0.15) is 0 Å². The number of amidine groups is 1. The van der Waals surface area contributed by atoms with Crippen molar-refractivity contribution >= 4 is 5.84 Å². The van der Waals surface area contributed by atoms with Crippen LogP contribution in [0.5, 0.6) is 11.6 Å². The summed E-state index contributed by atoms with van der Waals surface area (Å²) in [5.74, 6) is 0.778. The normalized spacial score (nSPS) is 10.1. The Labute approximate surface area is 104 Å². The van der Waals surface area contributed by atoms with E-state index >= 15 is 0 Å². The molecule has 0 bridgehead atoms. The Bertz CT molecular complexity index is 552. The van der Waals surface area contributed by atoms with Crippen molar-refractivity contribution in [3.63, 3.8) is 0 Å². The SMILES string of the molecule is N=C(N)c1cccnc1Oc1ccc(CO)cc1. The molecule has 0 fully saturated rings. The number of benzene rings is 1. The fourth-order valence-electron chi connectivity index (χ4n) is 1.45. The van der Waals surface area contributed by atoms with Crippen LogP contribution in [0.4, 0.5) is 0 Å². The number of pyridine rings is 1. The van der Waals surface area contributed by atoms with E-state index in [1.165, 1.54) is 0 Å². The van der Waals surface area contributed by atoms with Crippen LogP contribution >= 0.6 is 0 Å². The first-order chi connectivity index (χ1) is 8.70. The molecule has 92 valence electrons. The Morgan fingerprint density at radius 3 is 2.61 bits per heavy atom. The number of aromatic nitrogens is 1. The topological polar surface area (TPSA) is 92.2 Å². The maximum atomic E-state index is 8.94. The minimum absolute atomic E-state index is 0.0113. The number of aliphatic hydroxyl groups excluding tert-OH is 1. The lowest BCUT2D eigenvalue weighted by atomic mass is 10.2. The lowest BCUT2D eigenvalue weighted by molar-refractivity contribution is 0.281. The van der Waals surface area contributed by atoms with Gasteiger partial charge in [-0.3, -0.25) is 5.41 Å². The number of nitrogens with zero attached hydrogens (tertiary/aromatic N) is 1. The van der Waals surface area contributed by atoms with E-state index in [1.54, 1.807) is 42.6 Å². The number of rotatable bonds is 4. The minimum atomic E-state index is -0.0925. The number of ether oxygens (including phenoxy) is 1. The van der Waals surface area contributed by atoms with Crippen LogP contribution < -0.4 is 10.5 Å². The van der Waals surface area contributed by atoms with Gasteiger partial charge in [0.1, 0.15) is 11.6 Å². The second kappa shape index (κ2) is 5.29. The Morgan fingerprint density at radius 2 is 2.00 bits per heavy atom. The van der Waals surface area contributed by atoms with Crippen LogP contribution in [0.1, 0.15) is 11.1 Å². The van der Waals surface area contributed by atoms with Gasteiger partial charge >= 0.3 is 0 Å². The van der Waals surface area contributed by atoms with Crippen molar-refractivity contribution in [3.05, 3.63) is 53.7 Å². The van der Waals surface area contributed by atoms with E-state index in [1.807, 2.05) is 0 Å². The zero-order chi connectivity index (χ0) is 13.0. The van der Waals surface area contributed by atoms with Crippen molar-refractivity contribution in [1.29, 1.82) is 5.41 Å². The predicted molar refractivity (Wildman–Crippen MR) is 67.7 cm³/mol. The van der Waals surface area contributed by atoms with E-state index < -0.39 is 0 Å². The number of nitrogens with two attached hydrogens (primary N) is 1. The third-order valence-electron chi connectivity index (χ3n) is 2.38. The van der Waals surface area contributed by atoms with E-state index in [9.17, 15) is 0 Å². The van der Waals surface area contributed by atoms with Gasteiger partial charge in [-0.1, -0.05) is 12.1 Å². The predicted octanol–water partition coefficient (Wildman–Crippen LogP) is 1.65. The van der Waals surface area contributed by atoms with Crippen molar-refractivity contribution in [2.45, 2.75) is 6.61 Å². The molecule has 1 aromatic carbocycles. The maximum absolute atomic E-state index is 8.94. The molecule has 0 amide bonds. The molecule has 18 heavy (non-hydrogen) atoms. The molecule has 0 unspecified atom stereocenters. The van der Waals surface area contributed by atoms with Crippen molar-refractivity contribution in [1.82, 2.24) is 4.98 Å². The molecule has 0 radical (unpaired) electrons. The number of aliphatic hydroxyl groups is 1. The van der Waals surface area contributed by atoms with Gasteiger partial charge in [0, 0.05) is 6.20 Å². The average Bonchev–Trinajstić information content (AvgIpc) is 2.40. The molecule has 2 aromatic rings. The van der Waals surface area contributed by atoms with E-state index in [-0.39, 0.29) is 12.4 Å². The molecule has 0 atom stereocenters. The minimum Gasteiger partial charge on any atom is -0.438 e. The first-order valence-corrected chi connectivity index (χ1v) is 5.38. The quantitative estimate of drug-likeness (QED) is 0.562. The molecule has 5 nitrogen and oxygen atoms in total. The number of hydrogen-bond donors (Lipinski definition) is 3. The Morgan fingerprint density at radius 1 is 1.28 bits per heavy atom. The molecular formula is C13H13N3O2. The summed E-state index contributed by atoms with van der Waals surface area (Å²) < 4.78 is 5.56. The largest absolute Gasteiger partial charge is 0.438 e. The van der Waals surface area contributed by atoms with Crippen LogP contribution in [0, 0.1) is 5.41 Å². The number of nitrogen functional groups attached to an aromatic ring is 1. The van der Waals surface area contributed by atoms with E-state index in [0.717, 1.165) is 5.56 Å². The van der Waals surface area contributed by atoms with Crippen molar-refractivity contribution < 1.29 is 9.84 Å². The van der Waals surface area contributed by atoms with E-state index in [4.69, 9.17) is 21.0 Å². The summed E-state index contributed by atoms with van der Waals surface area (Å²) in [6.07, 6.45) is 1.57. The number of nitrogens with one attached hydrogen (secondary N) is 1. The van der Waals surface area contributed by atoms with E-state index in [2.05, 4.69) is 4.98 Å².